The molecule has 0 saturated heterocycles. The van der Waals surface area contributed by atoms with E-state index in [-0.39, 0.29) is 24.3 Å². The molecular weight excluding hydrogens is 180 g/mol. The van der Waals surface area contributed by atoms with Gasteiger partial charge in [0.2, 0.25) is 5.96 Å². The summed E-state index contributed by atoms with van der Waals surface area (Å²) in [4.78, 5) is 7.33. The number of guanidine groups is 2. The Morgan fingerprint density at radius 2 is 1.75 bits per heavy atom. The van der Waals surface area contributed by atoms with E-state index in [4.69, 9.17) is 22.9 Å². The average molecular weight is 195 g/mol. The summed E-state index contributed by atoms with van der Waals surface area (Å²) in [5, 5.41) is 0. The minimum absolute atomic E-state index is 0. The van der Waals surface area contributed by atoms with E-state index in [2.05, 4.69) is 9.98 Å². The fraction of sp³-hybridized carbons (Fsp3) is 0.600. The molecule has 0 radical (unpaired) electrons. The highest BCUT2D eigenvalue weighted by molar-refractivity contribution is 5.92. The number of aliphatic imine (C=N–C) groups is 2. The quantitative estimate of drug-likeness (QED) is 0.244. The van der Waals surface area contributed by atoms with Crippen LogP contribution >= 0.6 is 12.4 Å². The van der Waals surface area contributed by atoms with Crippen molar-refractivity contribution in [3.8, 4) is 0 Å². The van der Waals surface area contributed by atoms with Gasteiger partial charge in [-0.1, -0.05) is 0 Å². The standard InChI is InChI=1S/C5H14N6.ClH/c6-2-1-3-10-5(9)11-4(7)8;/h1-3,6H2,(H6,7,8,9,10,11);1H. The van der Waals surface area contributed by atoms with Crippen molar-refractivity contribution >= 4 is 24.3 Å². The van der Waals surface area contributed by atoms with Crippen LogP contribution in [0.5, 0.6) is 0 Å². The van der Waals surface area contributed by atoms with Crippen LogP contribution in [0.15, 0.2) is 9.98 Å². The van der Waals surface area contributed by atoms with Crippen molar-refractivity contribution in [3.63, 3.8) is 0 Å². The van der Waals surface area contributed by atoms with Crippen molar-refractivity contribution in [2.45, 2.75) is 6.42 Å². The molecule has 0 aliphatic rings. The predicted molar refractivity (Wildman–Crippen MR) is 53.2 cm³/mol. The van der Waals surface area contributed by atoms with Crippen molar-refractivity contribution in [2.75, 3.05) is 13.1 Å². The van der Waals surface area contributed by atoms with E-state index in [9.17, 15) is 0 Å². The first kappa shape index (κ1) is 13.6. The van der Waals surface area contributed by atoms with E-state index in [0.717, 1.165) is 6.42 Å². The summed E-state index contributed by atoms with van der Waals surface area (Å²) in [6.07, 6.45) is 0.778. The highest BCUT2D eigenvalue weighted by Crippen LogP contribution is 1.78. The van der Waals surface area contributed by atoms with Crippen LogP contribution in [-0.4, -0.2) is 25.0 Å². The second kappa shape index (κ2) is 8.09. The Hall–Kier alpha value is -1.01. The third kappa shape index (κ3) is 8.99. The first-order valence-electron chi connectivity index (χ1n) is 3.26. The van der Waals surface area contributed by atoms with Gasteiger partial charge in [-0.15, -0.1) is 12.4 Å². The molecule has 0 amide bonds. The lowest BCUT2D eigenvalue weighted by Crippen LogP contribution is -2.26. The summed E-state index contributed by atoms with van der Waals surface area (Å²) in [6.45, 7) is 1.14. The first-order valence-corrected chi connectivity index (χ1v) is 3.26. The van der Waals surface area contributed by atoms with Gasteiger partial charge >= 0.3 is 0 Å². The molecule has 0 heterocycles. The van der Waals surface area contributed by atoms with Gasteiger partial charge in [0.1, 0.15) is 0 Å². The van der Waals surface area contributed by atoms with Gasteiger partial charge in [-0.05, 0) is 13.0 Å². The zero-order valence-corrected chi connectivity index (χ0v) is 7.55. The maximum Gasteiger partial charge on any atom is 0.218 e. The molecule has 0 rings (SSSR count). The molecular formula is C5H15ClN6. The van der Waals surface area contributed by atoms with Crippen LogP contribution in [0.4, 0.5) is 0 Å². The minimum atomic E-state index is -0.0843. The summed E-state index contributed by atoms with van der Waals surface area (Å²) in [5.41, 5.74) is 20.6. The van der Waals surface area contributed by atoms with Gasteiger partial charge in [-0.2, -0.15) is 4.99 Å². The lowest BCUT2D eigenvalue weighted by atomic mass is 10.4. The molecule has 0 aromatic heterocycles. The zero-order chi connectivity index (χ0) is 8.69. The van der Waals surface area contributed by atoms with E-state index in [1.54, 1.807) is 0 Å². The molecule has 12 heavy (non-hydrogen) atoms. The van der Waals surface area contributed by atoms with Crippen LogP contribution in [-0.2, 0) is 0 Å². The van der Waals surface area contributed by atoms with Crippen molar-refractivity contribution in [2.24, 2.45) is 32.9 Å². The largest absolute Gasteiger partial charge is 0.370 e. The Labute approximate surface area is 77.5 Å². The molecule has 0 saturated carbocycles. The molecule has 8 N–H and O–H groups in total. The van der Waals surface area contributed by atoms with Crippen LogP contribution in [0.2, 0.25) is 0 Å². The second-order valence-corrected chi connectivity index (χ2v) is 1.92. The summed E-state index contributed by atoms with van der Waals surface area (Å²) < 4.78 is 0. The predicted octanol–water partition coefficient (Wildman–Crippen LogP) is -1.65. The molecule has 6 nitrogen and oxygen atoms in total. The second-order valence-electron chi connectivity index (χ2n) is 1.92. The van der Waals surface area contributed by atoms with E-state index in [1.165, 1.54) is 0 Å². The molecule has 0 aliphatic carbocycles. The number of halogens is 1. The topological polar surface area (TPSA) is 129 Å². The third-order valence-electron chi connectivity index (χ3n) is 0.880. The van der Waals surface area contributed by atoms with Gasteiger partial charge in [-0.25, -0.2) is 0 Å². The van der Waals surface area contributed by atoms with Crippen LogP contribution in [0.25, 0.3) is 0 Å². The highest BCUT2D eigenvalue weighted by Gasteiger charge is 1.86. The molecule has 0 aliphatic heterocycles. The monoisotopic (exact) mass is 194 g/mol. The minimum Gasteiger partial charge on any atom is -0.370 e. The highest BCUT2D eigenvalue weighted by atomic mass is 35.5. The number of nitrogens with zero attached hydrogens (tertiary/aromatic N) is 2. The molecule has 0 spiro atoms. The Bertz CT molecular complexity index is 161. The van der Waals surface area contributed by atoms with Crippen molar-refractivity contribution < 1.29 is 0 Å². The molecule has 0 fully saturated rings. The van der Waals surface area contributed by atoms with Gasteiger partial charge in [-0.3, -0.25) is 4.99 Å². The Morgan fingerprint density at radius 1 is 1.17 bits per heavy atom. The molecule has 7 heteroatoms. The van der Waals surface area contributed by atoms with Crippen molar-refractivity contribution in [1.82, 2.24) is 0 Å². The smallest absolute Gasteiger partial charge is 0.218 e. The summed E-state index contributed by atoms with van der Waals surface area (Å²) >= 11 is 0. The normalized spacial score (nSPS) is 10.2. The summed E-state index contributed by atoms with van der Waals surface area (Å²) in [6, 6.07) is 0. The van der Waals surface area contributed by atoms with Gasteiger partial charge in [0.15, 0.2) is 5.96 Å². The van der Waals surface area contributed by atoms with Crippen LogP contribution in [0, 0.1) is 0 Å². The fourth-order valence-corrected chi connectivity index (χ4v) is 0.453. The maximum absolute atomic E-state index is 5.28. The van der Waals surface area contributed by atoms with Gasteiger partial charge in [0.25, 0.3) is 0 Å². The van der Waals surface area contributed by atoms with Gasteiger partial charge in [0, 0.05) is 6.54 Å². The summed E-state index contributed by atoms with van der Waals surface area (Å²) in [7, 11) is 0. The Kier molecular flexibility index (Phi) is 9.15. The van der Waals surface area contributed by atoms with E-state index in [1.807, 2.05) is 0 Å². The van der Waals surface area contributed by atoms with Crippen LogP contribution in [0.3, 0.4) is 0 Å². The molecule has 0 unspecified atom stereocenters. The Balaban J connectivity index is 0. The first-order chi connectivity index (χ1) is 5.16. The maximum atomic E-state index is 5.28. The van der Waals surface area contributed by atoms with E-state index < -0.39 is 0 Å². The number of hydrogen-bond acceptors (Lipinski definition) is 2. The van der Waals surface area contributed by atoms with Gasteiger partial charge in [0.05, 0.1) is 0 Å². The van der Waals surface area contributed by atoms with E-state index >= 15 is 0 Å². The number of nitrogens with two attached hydrogens (primary N) is 4. The zero-order valence-electron chi connectivity index (χ0n) is 6.73. The SMILES string of the molecule is Cl.NCCCN=C(N)N=C(N)N. The van der Waals surface area contributed by atoms with E-state index in [0.29, 0.717) is 13.1 Å². The lowest BCUT2D eigenvalue weighted by Gasteiger charge is -1.93. The lowest BCUT2D eigenvalue weighted by molar-refractivity contribution is 0.842. The van der Waals surface area contributed by atoms with Crippen molar-refractivity contribution in [3.05, 3.63) is 0 Å². The summed E-state index contributed by atoms with van der Waals surface area (Å²) in [5.74, 6) is 0.0115. The van der Waals surface area contributed by atoms with Crippen LogP contribution < -0.4 is 22.9 Å². The number of rotatable bonds is 3. The van der Waals surface area contributed by atoms with Gasteiger partial charge < -0.3 is 22.9 Å². The third-order valence-corrected chi connectivity index (χ3v) is 0.880. The molecule has 0 bridgehead atoms. The fourth-order valence-electron chi connectivity index (χ4n) is 0.453. The molecule has 72 valence electrons. The Morgan fingerprint density at radius 3 is 2.17 bits per heavy atom. The van der Waals surface area contributed by atoms with Crippen molar-refractivity contribution in [1.29, 1.82) is 0 Å². The number of hydrogen-bond donors (Lipinski definition) is 4. The molecule has 0 aromatic carbocycles. The molecule has 0 atom stereocenters. The average Bonchev–Trinajstić information content (AvgIpc) is 1.86. The van der Waals surface area contributed by atoms with Crippen LogP contribution in [0.1, 0.15) is 6.42 Å². The molecule has 0 aromatic rings.